The zero-order chi connectivity index (χ0) is 25.6. The van der Waals surface area contributed by atoms with Gasteiger partial charge in [0.15, 0.2) is 0 Å². The Kier molecular flexibility index (Phi) is 6.31. The first kappa shape index (κ1) is 24.6. The molecule has 0 unspecified atom stereocenters. The van der Waals surface area contributed by atoms with Crippen LogP contribution in [0.4, 0.5) is 0 Å². The Balaban J connectivity index is 1.22. The molecule has 1 aromatic heterocycles. The molecular formula is C30H27Cl2NO4. The molecule has 3 aromatic rings. The summed E-state index contributed by atoms with van der Waals surface area (Å²) in [7, 11) is 1.38. The molecule has 3 saturated carbocycles. The molecule has 0 amide bonds. The van der Waals surface area contributed by atoms with Gasteiger partial charge in [-0.2, -0.15) is 0 Å². The van der Waals surface area contributed by atoms with Crippen LogP contribution in [0.3, 0.4) is 0 Å². The molecular weight excluding hydrogens is 509 g/mol. The molecule has 0 atom stereocenters. The van der Waals surface area contributed by atoms with Crippen molar-refractivity contribution in [1.82, 2.24) is 5.16 Å². The van der Waals surface area contributed by atoms with Crippen molar-refractivity contribution < 1.29 is 18.8 Å². The Bertz CT molecular complexity index is 1400. The molecule has 0 saturated heterocycles. The van der Waals surface area contributed by atoms with Gasteiger partial charge >= 0.3 is 5.97 Å². The number of rotatable bonds is 6. The predicted molar refractivity (Wildman–Crippen MR) is 142 cm³/mol. The minimum absolute atomic E-state index is 0.0654. The van der Waals surface area contributed by atoms with E-state index in [-0.39, 0.29) is 17.0 Å². The molecule has 5 nitrogen and oxygen atoms in total. The van der Waals surface area contributed by atoms with Gasteiger partial charge in [-0.05, 0) is 75.3 Å². The van der Waals surface area contributed by atoms with Crippen LogP contribution in [0.15, 0.2) is 47.0 Å². The molecule has 0 radical (unpaired) electrons. The first-order valence-corrected chi connectivity index (χ1v) is 13.4. The van der Waals surface area contributed by atoms with E-state index in [0.717, 1.165) is 61.8 Å². The lowest BCUT2D eigenvalue weighted by Crippen LogP contribution is -2.26. The maximum absolute atomic E-state index is 11.9. The number of halogens is 2. The second kappa shape index (κ2) is 9.51. The van der Waals surface area contributed by atoms with Gasteiger partial charge in [0.2, 0.25) is 0 Å². The quantitative estimate of drug-likeness (QED) is 0.240. The van der Waals surface area contributed by atoms with Crippen LogP contribution in [0.25, 0.3) is 11.3 Å². The Morgan fingerprint density at radius 3 is 2.54 bits per heavy atom. The summed E-state index contributed by atoms with van der Waals surface area (Å²) in [6.45, 7) is 0.414. The fraction of sp³-hybridized carbons (Fsp3) is 0.400. The first-order valence-electron chi connectivity index (χ1n) is 12.7. The summed E-state index contributed by atoms with van der Waals surface area (Å²) in [5.74, 6) is 7.80. The SMILES string of the molecule is COC(=O)c1cccc(C#CC23CCC(OCc4c(-c5c(Cl)cccc5Cl)noc4C4CC4)(CC2)C3)c1. The first-order chi connectivity index (χ1) is 17.9. The van der Waals surface area contributed by atoms with Crippen LogP contribution in [-0.2, 0) is 16.1 Å². The normalized spacial score (nSPS) is 24.1. The van der Waals surface area contributed by atoms with E-state index < -0.39 is 0 Å². The molecule has 2 bridgehead atoms. The highest BCUT2D eigenvalue weighted by Gasteiger charge is 2.54. The highest BCUT2D eigenvalue weighted by Crippen LogP contribution is 2.58. The number of carbonyl (C=O) groups is 1. The van der Waals surface area contributed by atoms with E-state index in [1.165, 1.54) is 7.11 Å². The smallest absolute Gasteiger partial charge is 0.337 e. The van der Waals surface area contributed by atoms with E-state index in [0.29, 0.717) is 39.4 Å². The van der Waals surface area contributed by atoms with E-state index in [1.54, 1.807) is 12.1 Å². The van der Waals surface area contributed by atoms with Crippen molar-refractivity contribution in [2.24, 2.45) is 5.41 Å². The van der Waals surface area contributed by atoms with Crippen molar-refractivity contribution in [1.29, 1.82) is 0 Å². The molecule has 3 fully saturated rings. The number of hydrogen-bond acceptors (Lipinski definition) is 5. The van der Waals surface area contributed by atoms with Gasteiger partial charge in [-0.3, -0.25) is 0 Å². The molecule has 0 spiro atoms. The third-order valence-electron chi connectivity index (χ3n) is 8.02. The molecule has 3 aliphatic rings. The molecule has 1 heterocycles. The minimum Gasteiger partial charge on any atom is -0.465 e. The van der Waals surface area contributed by atoms with Gasteiger partial charge in [0, 0.05) is 28.0 Å². The topological polar surface area (TPSA) is 61.6 Å². The fourth-order valence-corrected chi connectivity index (χ4v) is 6.42. The summed E-state index contributed by atoms with van der Waals surface area (Å²) in [5.41, 5.74) is 3.40. The third kappa shape index (κ3) is 4.68. The van der Waals surface area contributed by atoms with Crippen molar-refractivity contribution >= 4 is 29.2 Å². The van der Waals surface area contributed by atoms with E-state index in [9.17, 15) is 4.79 Å². The number of ether oxygens (including phenoxy) is 2. The van der Waals surface area contributed by atoms with Gasteiger partial charge in [-0.25, -0.2) is 4.79 Å². The van der Waals surface area contributed by atoms with Crippen LogP contribution < -0.4 is 0 Å². The van der Waals surface area contributed by atoms with Gasteiger partial charge in [0.25, 0.3) is 0 Å². The largest absolute Gasteiger partial charge is 0.465 e. The number of aromatic nitrogens is 1. The number of fused-ring (bicyclic) bond motifs is 2. The molecule has 3 aliphatic carbocycles. The minimum atomic E-state index is -0.354. The lowest BCUT2D eigenvalue weighted by atomic mass is 9.84. The Morgan fingerprint density at radius 2 is 1.84 bits per heavy atom. The zero-order valence-corrected chi connectivity index (χ0v) is 22.1. The van der Waals surface area contributed by atoms with Crippen LogP contribution in [-0.4, -0.2) is 23.8 Å². The molecule has 2 aromatic carbocycles. The van der Waals surface area contributed by atoms with Crippen molar-refractivity contribution in [3.8, 4) is 23.1 Å². The zero-order valence-electron chi connectivity index (χ0n) is 20.6. The average molecular weight is 536 g/mol. The summed E-state index contributed by atoms with van der Waals surface area (Å²) < 4.78 is 17.4. The summed E-state index contributed by atoms with van der Waals surface area (Å²) in [4.78, 5) is 11.9. The van der Waals surface area contributed by atoms with Crippen molar-refractivity contribution in [2.75, 3.05) is 7.11 Å². The van der Waals surface area contributed by atoms with E-state index in [4.69, 9.17) is 37.2 Å². The monoisotopic (exact) mass is 535 g/mol. The van der Waals surface area contributed by atoms with Crippen LogP contribution in [0.1, 0.15) is 78.1 Å². The van der Waals surface area contributed by atoms with E-state index in [2.05, 4.69) is 17.0 Å². The van der Waals surface area contributed by atoms with Crippen molar-refractivity contribution in [2.45, 2.75) is 63.1 Å². The molecule has 37 heavy (non-hydrogen) atoms. The lowest BCUT2D eigenvalue weighted by Gasteiger charge is -2.27. The molecule has 6 rings (SSSR count). The van der Waals surface area contributed by atoms with Crippen molar-refractivity contribution in [3.63, 3.8) is 0 Å². The van der Waals surface area contributed by atoms with Gasteiger partial charge in [0.1, 0.15) is 11.5 Å². The highest BCUT2D eigenvalue weighted by atomic mass is 35.5. The Morgan fingerprint density at radius 1 is 1.11 bits per heavy atom. The summed E-state index contributed by atoms with van der Waals surface area (Å²) in [6.07, 6.45) is 7.03. The summed E-state index contributed by atoms with van der Waals surface area (Å²) in [6, 6.07) is 12.8. The second-order valence-electron chi connectivity index (χ2n) is 10.5. The number of carbonyl (C=O) groups excluding carboxylic acids is 1. The fourth-order valence-electron chi connectivity index (χ4n) is 5.84. The summed E-state index contributed by atoms with van der Waals surface area (Å²) >= 11 is 13.0. The van der Waals surface area contributed by atoms with Crippen LogP contribution >= 0.6 is 23.2 Å². The molecule has 0 aliphatic heterocycles. The van der Waals surface area contributed by atoms with Gasteiger partial charge in [-0.15, -0.1) is 0 Å². The van der Waals surface area contributed by atoms with Crippen LogP contribution in [0, 0.1) is 17.3 Å². The molecule has 190 valence electrons. The Labute approximate surface area is 226 Å². The van der Waals surface area contributed by atoms with Gasteiger partial charge in [0.05, 0.1) is 34.9 Å². The predicted octanol–water partition coefficient (Wildman–Crippen LogP) is 7.58. The maximum Gasteiger partial charge on any atom is 0.337 e. The standard InChI is InChI=1S/C30H27Cl2NO4/c1-35-28(34)21-5-2-4-19(16-21)10-11-29-12-14-30(18-29,15-13-29)36-17-22-26(33-37-27(22)20-8-9-20)25-23(31)6-3-7-24(25)32/h2-7,16,20H,8-9,12-15,17-18H2,1H3. The Hall–Kier alpha value is -2.78. The van der Waals surface area contributed by atoms with Crippen LogP contribution in [0.5, 0.6) is 0 Å². The average Bonchev–Trinajstić information content (AvgIpc) is 3.43. The number of esters is 1. The van der Waals surface area contributed by atoms with E-state index >= 15 is 0 Å². The van der Waals surface area contributed by atoms with Gasteiger partial charge < -0.3 is 14.0 Å². The highest BCUT2D eigenvalue weighted by molar-refractivity contribution is 6.39. The van der Waals surface area contributed by atoms with E-state index in [1.807, 2.05) is 30.3 Å². The number of methoxy groups -OCH3 is 1. The van der Waals surface area contributed by atoms with Crippen molar-refractivity contribution in [3.05, 3.63) is 75.0 Å². The second-order valence-corrected chi connectivity index (χ2v) is 11.3. The maximum atomic E-state index is 11.9. The molecule has 7 heteroatoms. The molecule has 0 N–H and O–H groups in total. The van der Waals surface area contributed by atoms with Crippen LogP contribution in [0.2, 0.25) is 10.0 Å². The number of hydrogen-bond donors (Lipinski definition) is 0. The number of nitrogens with zero attached hydrogens (tertiary/aromatic N) is 1. The number of benzene rings is 2. The third-order valence-corrected chi connectivity index (χ3v) is 8.65. The lowest BCUT2D eigenvalue weighted by molar-refractivity contribution is -0.0488. The summed E-state index contributed by atoms with van der Waals surface area (Å²) in [5, 5.41) is 5.50. The van der Waals surface area contributed by atoms with Gasteiger partial charge in [-0.1, -0.05) is 52.3 Å².